The van der Waals surface area contributed by atoms with Gasteiger partial charge >= 0.3 is 0 Å². The lowest BCUT2D eigenvalue weighted by Gasteiger charge is -2.18. The number of aryl methyl sites for hydroxylation is 2. The van der Waals surface area contributed by atoms with Crippen molar-refractivity contribution < 1.29 is 0 Å². The van der Waals surface area contributed by atoms with E-state index in [2.05, 4.69) is 87.5 Å². The molecule has 0 aliphatic heterocycles. The third-order valence-corrected chi connectivity index (χ3v) is 5.92. The summed E-state index contributed by atoms with van der Waals surface area (Å²) in [5.74, 6) is 0. The van der Waals surface area contributed by atoms with Gasteiger partial charge in [-0.05, 0) is 82.6 Å². The third-order valence-electron chi connectivity index (χ3n) is 5.92. The van der Waals surface area contributed by atoms with Crippen molar-refractivity contribution in [1.29, 1.82) is 0 Å². The predicted molar refractivity (Wildman–Crippen MR) is 124 cm³/mol. The molecule has 0 bridgehead atoms. The third kappa shape index (κ3) is 3.69. The highest BCUT2D eigenvalue weighted by Crippen LogP contribution is 2.37. The van der Waals surface area contributed by atoms with Crippen molar-refractivity contribution in [2.24, 2.45) is 0 Å². The highest BCUT2D eigenvalue weighted by molar-refractivity contribution is 6.06. The van der Waals surface area contributed by atoms with Gasteiger partial charge < -0.3 is 0 Å². The fourth-order valence-corrected chi connectivity index (χ4v) is 4.45. The van der Waals surface area contributed by atoms with Gasteiger partial charge in [-0.2, -0.15) is 0 Å². The second kappa shape index (κ2) is 8.19. The minimum Gasteiger partial charge on any atom is -0.0654 e. The first-order valence-corrected chi connectivity index (χ1v) is 10.7. The zero-order valence-corrected chi connectivity index (χ0v) is 17.4. The Balaban J connectivity index is 1.96. The van der Waals surface area contributed by atoms with Gasteiger partial charge in [0.1, 0.15) is 0 Å². The standard InChI is InChI=1S/C28H30/c1-4-5-6-7-15-26-21(3)17-25-18-22-12-8-9-13-23(22)19-27(25)28(26)24-14-10-11-20(2)16-24/h8-14,16-19H,4-7,15H2,1-3H3. The van der Waals surface area contributed by atoms with Crippen LogP contribution < -0.4 is 0 Å². The number of rotatable bonds is 6. The van der Waals surface area contributed by atoms with Crippen molar-refractivity contribution in [2.75, 3.05) is 0 Å². The van der Waals surface area contributed by atoms with Crippen LogP contribution in [0.5, 0.6) is 0 Å². The summed E-state index contributed by atoms with van der Waals surface area (Å²) in [5, 5.41) is 5.38. The molecule has 0 aliphatic rings. The Morgan fingerprint density at radius 1 is 0.679 bits per heavy atom. The molecule has 0 fully saturated rings. The molecular formula is C28H30. The maximum Gasteiger partial charge on any atom is -0.00703 e. The molecule has 0 saturated carbocycles. The molecule has 142 valence electrons. The molecule has 0 unspecified atom stereocenters. The summed E-state index contributed by atoms with van der Waals surface area (Å²) < 4.78 is 0. The van der Waals surface area contributed by atoms with Crippen LogP contribution >= 0.6 is 0 Å². The first-order chi connectivity index (χ1) is 13.7. The van der Waals surface area contributed by atoms with Gasteiger partial charge in [0.15, 0.2) is 0 Å². The Bertz CT molecular complexity index is 1120. The number of unbranched alkanes of at least 4 members (excludes halogenated alkanes) is 3. The van der Waals surface area contributed by atoms with Gasteiger partial charge in [0.05, 0.1) is 0 Å². The fourth-order valence-electron chi connectivity index (χ4n) is 4.45. The Morgan fingerprint density at radius 3 is 2.21 bits per heavy atom. The average molecular weight is 367 g/mol. The van der Waals surface area contributed by atoms with Crippen LogP contribution in [0.2, 0.25) is 0 Å². The molecule has 0 radical (unpaired) electrons. The summed E-state index contributed by atoms with van der Waals surface area (Å²) in [5.41, 5.74) is 7.08. The van der Waals surface area contributed by atoms with Gasteiger partial charge in [0.2, 0.25) is 0 Å². The Kier molecular flexibility index (Phi) is 5.48. The molecule has 0 saturated heterocycles. The molecule has 0 nitrogen and oxygen atoms in total. The normalized spacial score (nSPS) is 11.4. The highest BCUT2D eigenvalue weighted by Gasteiger charge is 2.14. The SMILES string of the molecule is CCCCCCc1c(C)cc2cc3ccccc3cc2c1-c1cccc(C)c1. The smallest absolute Gasteiger partial charge is 0.00703 e. The Labute approximate surface area is 169 Å². The molecule has 0 heterocycles. The first-order valence-electron chi connectivity index (χ1n) is 10.7. The lowest BCUT2D eigenvalue weighted by atomic mass is 9.86. The van der Waals surface area contributed by atoms with Crippen LogP contribution in [0, 0.1) is 13.8 Å². The fraction of sp³-hybridized carbons (Fsp3) is 0.286. The molecule has 0 aliphatic carbocycles. The van der Waals surface area contributed by atoms with Crippen molar-refractivity contribution >= 4 is 21.5 Å². The van der Waals surface area contributed by atoms with E-state index >= 15 is 0 Å². The molecule has 0 aromatic heterocycles. The molecule has 0 atom stereocenters. The van der Waals surface area contributed by atoms with E-state index in [9.17, 15) is 0 Å². The maximum absolute atomic E-state index is 2.40. The molecule has 4 aromatic rings. The van der Waals surface area contributed by atoms with Crippen LogP contribution in [-0.4, -0.2) is 0 Å². The van der Waals surface area contributed by atoms with Gasteiger partial charge in [-0.15, -0.1) is 0 Å². The van der Waals surface area contributed by atoms with Gasteiger partial charge in [-0.1, -0.05) is 86.3 Å². The average Bonchev–Trinajstić information content (AvgIpc) is 2.70. The van der Waals surface area contributed by atoms with Gasteiger partial charge in [-0.3, -0.25) is 0 Å². The lowest BCUT2D eigenvalue weighted by Crippen LogP contribution is -1.97. The summed E-state index contributed by atoms with van der Waals surface area (Å²) in [4.78, 5) is 0. The molecular weight excluding hydrogens is 336 g/mol. The largest absolute Gasteiger partial charge is 0.0654 e. The zero-order chi connectivity index (χ0) is 19.5. The number of hydrogen-bond acceptors (Lipinski definition) is 0. The summed E-state index contributed by atoms with van der Waals surface area (Å²) in [6, 6.07) is 24.9. The Hall–Kier alpha value is -2.60. The number of hydrogen-bond donors (Lipinski definition) is 0. The van der Waals surface area contributed by atoms with Gasteiger partial charge in [-0.25, -0.2) is 0 Å². The van der Waals surface area contributed by atoms with E-state index in [1.165, 1.54) is 75.0 Å². The minimum absolute atomic E-state index is 1.16. The van der Waals surface area contributed by atoms with E-state index in [1.54, 1.807) is 0 Å². The van der Waals surface area contributed by atoms with Crippen LogP contribution in [-0.2, 0) is 6.42 Å². The minimum atomic E-state index is 1.16. The summed E-state index contributed by atoms with van der Waals surface area (Å²) >= 11 is 0. The summed E-state index contributed by atoms with van der Waals surface area (Å²) in [6.45, 7) is 6.77. The summed E-state index contributed by atoms with van der Waals surface area (Å²) in [6.07, 6.45) is 6.37. The van der Waals surface area contributed by atoms with Crippen molar-refractivity contribution in [3.8, 4) is 11.1 Å². The summed E-state index contributed by atoms with van der Waals surface area (Å²) in [7, 11) is 0. The second-order valence-corrected chi connectivity index (χ2v) is 8.15. The molecule has 0 heteroatoms. The van der Waals surface area contributed by atoms with E-state index in [-0.39, 0.29) is 0 Å². The van der Waals surface area contributed by atoms with Crippen LogP contribution in [0.1, 0.15) is 49.3 Å². The van der Waals surface area contributed by atoms with Crippen molar-refractivity contribution in [3.63, 3.8) is 0 Å². The monoisotopic (exact) mass is 366 g/mol. The van der Waals surface area contributed by atoms with Crippen molar-refractivity contribution in [3.05, 3.63) is 83.4 Å². The van der Waals surface area contributed by atoms with E-state index in [0.717, 1.165) is 6.42 Å². The Morgan fingerprint density at radius 2 is 1.46 bits per heavy atom. The maximum atomic E-state index is 2.40. The van der Waals surface area contributed by atoms with Crippen LogP contribution in [0.4, 0.5) is 0 Å². The van der Waals surface area contributed by atoms with Crippen LogP contribution in [0.3, 0.4) is 0 Å². The molecule has 0 spiro atoms. The molecule has 4 aromatic carbocycles. The van der Waals surface area contributed by atoms with E-state index < -0.39 is 0 Å². The number of fused-ring (bicyclic) bond motifs is 2. The highest BCUT2D eigenvalue weighted by atomic mass is 14.2. The van der Waals surface area contributed by atoms with E-state index in [1.807, 2.05) is 0 Å². The quantitative estimate of drug-likeness (QED) is 0.237. The predicted octanol–water partition coefficient (Wildman–Crippen LogP) is 8.40. The van der Waals surface area contributed by atoms with Gasteiger partial charge in [0, 0.05) is 0 Å². The molecule has 0 amide bonds. The van der Waals surface area contributed by atoms with E-state index in [4.69, 9.17) is 0 Å². The molecule has 0 N–H and O–H groups in total. The zero-order valence-electron chi connectivity index (χ0n) is 17.4. The lowest BCUT2D eigenvalue weighted by molar-refractivity contribution is 0.666. The van der Waals surface area contributed by atoms with Crippen LogP contribution in [0.25, 0.3) is 32.7 Å². The number of benzene rings is 4. The van der Waals surface area contributed by atoms with Crippen molar-refractivity contribution in [1.82, 2.24) is 0 Å². The van der Waals surface area contributed by atoms with Crippen molar-refractivity contribution in [2.45, 2.75) is 52.9 Å². The van der Waals surface area contributed by atoms with Gasteiger partial charge in [0.25, 0.3) is 0 Å². The molecule has 28 heavy (non-hydrogen) atoms. The first kappa shape index (κ1) is 18.7. The second-order valence-electron chi connectivity index (χ2n) is 8.15. The molecule has 4 rings (SSSR count). The topological polar surface area (TPSA) is 0 Å². The van der Waals surface area contributed by atoms with Crippen LogP contribution in [0.15, 0.2) is 66.7 Å². The van der Waals surface area contributed by atoms with E-state index in [0.29, 0.717) is 0 Å².